The van der Waals surface area contributed by atoms with E-state index in [-0.39, 0.29) is 33.1 Å². The number of hydrogen-bond acceptors (Lipinski definition) is 4. The van der Waals surface area contributed by atoms with Crippen molar-refractivity contribution in [3.63, 3.8) is 0 Å². The Morgan fingerprint density at radius 3 is 1.21 bits per heavy atom. The van der Waals surface area contributed by atoms with Crippen LogP contribution in [0.2, 0.25) is 0 Å². The molecule has 0 radical (unpaired) electrons. The number of aliphatic hydroxyl groups excluding tert-OH is 2. The van der Waals surface area contributed by atoms with E-state index in [1.54, 1.807) is 0 Å². The molecule has 0 aromatic heterocycles. The first-order valence-corrected chi connectivity index (χ1v) is 5.28. The van der Waals surface area contributed by atoms with Gasteiger partial charge in [0.15, 0.2) is 0 Å². The van der Waals surface area contributed by atoms with Crippen molar-refractivity contribution in [1.82, 2.24) is 0 Å². The van der Waals surface area contributed by atoms with E-state index >= 15 is 0 Å². The normalized spacial score (nSPS) is 23.1. The molecule has 9 heteroatoms. The summed E-state index contributed by atoms with van der Waals surface area (Å²) < 4.78 is 0. The molecule has 2 unspecified atom stereocenters. The van der Waals surface area contributed by atoms with Crippen molar-refractivity contribution >= 4 is 11.9 Å². The monoisotopic (exact) mass is 455 g/mol. The third-order valence-electron chi connectivity index (χ3n) is 2.40. The van der Waals surface area contributed by atoms with Crippen molar-refractivity contribution in [2.24, 2.45) is 0 Å². The van der Waals surface area contributed by atoms with Crippen molar-refractivity contribution in [3.05, 3.63) is 23.0 Å². The van der Waals surface area contributed by atoms with Gasteiger partial charge in [0.1, 0.15) is 0 Å². The summed E-state index contributed by atoms with van der Waals surface area (Å²) in [5, 5.41) is 32.2. The van der Waals surface area contributed by atoms with Crippen LogP contribution in [0.5, 0.6) is 0 Å². The molecular formula is C10H16N2O6Pt. The molecule has 1 saturated carbocycles. The average molecular weight is 455 g/mol. The summed E-state index contributed by atoms with van der Waals surface area (Å²) in [6.45, 7) is 0. The minimum Gasteiger partial charge on any atom is -0.676 e. The molecular weight excluding hydrogens is 439 g/mol. The van der Waals surface area contributed by atoms with Crippen LogP contribution in [-0.2, 0) is 30.7 Å². The predicted molar refractivity (Wildman–Crippen MR) is 62.2 cm³/mol. The molecule has 0 aromatic carbocycles. The molecule has 0 aromatic rings. The third-order valence-corrected chi connectivity index (χ3v) is 2.40. The van der Waals surface area contributed by atoms with E-state index < -0.39 is 23.5 Å². The molecule has 112 valence electrons. The number of aliphatic hydroxyl groups is 2. The van der Waals surface area contributed by atoms with Crippen LogP contribution in [0.1, 0.15) is 25.7 Å². The molecule has 19 heavy (non-hydrogen) atoms. The summed E-state index contributed by atoms with van der Waals surface area (Å²) in [5.74, 6) is -6.93. The number of nitrogens with one attached hydrogen (secondary N) is 2. The second-order valence-electron chi connectivity index (χ2n) is 3.80. The Labute approximate surface area is 124 Å². The first kappa shape index (κ1) is 20.2. The Hall–Kier alpha value is -1.11. The van der Waals surface area contributed by atoms with Crippen molar-refractivity contribution in [3.8, 4) is 0 Å². The summed E-state index contributed by atoms with van der Waals surface area (Å²) in [5.41, 5.74) is 14.6. The minimum atomic E-state index is -1.89. The topological polar surface area (TPSA) is 163 Å². The van der Waals surface area contributed by atoms with Crippen LogP contribution in [0, 0.1) is 0 Å². The molecule has 0 spiro atoms. The van der Waals surface area contributed by atoms with Gasteiger partial charge in [0.25, 0.3) is 11.5 Å². The molecule has 0 heterocycles. The van der Waals surface area contributed by atoms with E-state index in [2.05, 4.69) is 0 Å². The van der Waals surface area contributed by atoms with Crippen molar-refractivity contribution in [2.45, 2.75) is 37.8 Å². The summed E-state index contributed by atoms with van der Waals surface area (Å²) in [4.78, 5) is 19.4. The van der Waals surface area contributed by atoms with E-state index in [9.17, 15) is 9.59 Å². The molecule has 2 atom stereocenters. The summed E-state index contributed by atoms with van der Waals surface area (Å²) >= 11 is 0. The first-order valence-electron chi connectivity index (χ1n) is 5.28. The standard InChI is InChI=1S/C6H12N2.C4H4O6.Pt/c7-5-3-1-2-4-6(5)8;5-1(3(7)8)2(6)4(9)10;/h5-8H,1-4H2;5-6H,(H,7,8)(H,9,10);/q-2;;+2. The Morgan fingerprint density at radius 2 is 1.05 bits per heavy atom. The van der Waals surface area contributed by atoms with Crippen molar-refractivity contribution in [2.75, 3.05) is 0 Å². The quantitative estimate of drug-likeness (QED) is 0.367. The molecule has 1 aliphatic carbocycles. The van der Waals surface area contributed by atoms with Gasteiger partial charge in [-0.25, -0.2) is 9.59 Å². The second kappa shape index (κ2) is 9.77. The van der Waals surface area contributed by atoms with Gasteiger partial charge in [-0.1, -0.05) is 25.7 Å². The van der Waals surface area contributed by atoms with Gasteiger partial charge in [-0.05, 0) is 0 Å². The van der Waals surface area contributed by atoms with Gasteiger partial charge >= 0.3 is 33.0 Å². The molecule has 1 rings (SSSR count). The van der Waals surface area contributed by atoms with Crippen LogP contribution in [0.3, 0.4) is 0 Å². The van der Waals surface area contributed by atoms with Gasteiger partial charge in [-0.3, -0.25) is 0 Å². The number of rotatable bonds is 2. The van der Waals surface area contributed by atoms with E-state index in [0.717, 1.165) is 12.8 Å². The van der Waals surface area contributed by atoms with Gasteiger partial charge in [0.05, 0.1) is 0 Å². The van der Waals surface area contributed by atoms with Gasteiger partial charge < -0.3 is 31.9 Å². The largest absolute Gasteiger partial charge is 2.00 e. The minimum absolute atomic E-state index is 0. The van der Waals surface area contributed by atoms with E-state index in [4.69, 9.17) is 31.9 Å². The Kier molecular flexibility index (Phi) is 10.4. The molecule has 1 fully saturated rings. The summed E-state index contributed by atoms with van der Waals surface area (Å²) in [7, 11) is 0. The zero-order chi connectivity index (χ0) is 14.3. The van der Waals surface area contributed by atoms with E-state index in [1.165, 1.54) is 12.8 Å². The van der Waals surface area contributed by atoms with E-state index in [0.29, 0.717) is 0 Å². The van der Waals surface area contributed by atoms with Gasteiger partial charge in [0.2, 0.25) is 0 Å². The molecule has 6 N–H and O–H groups in total. The van der Waals surface area contributed by atoms with Crippen molar-refractivity contribution < 1.29 is 51.1 Å². The van der Waals surface area contributed by atoms with Crippen LogP contribution in [0.4, 0.5) is 0 Å². The zero-order valence-electron chi connectivity index (χ0n) is 9.90. The fourth-order valence-electron chi connectivity index (χ4n) is 1.33. The SMILES string of the molecule is O=C(O)C(O)=C(O)C(=O)O.[NH-]C1CCCCC1[NH-].[Pt+2]. The summed E-state index contributed by atoms with van der Waals surface area (Å²) in [6, 6.07) is -0.160. The third kappa shape index (κ3) is 7.81. The Bertz CT molecular complexity index is 315. The maximum atomic E-state index is 9.71. The predicted octanol–water partition coefficient (Wildman–Crippen LogP) is 1.88. The number of carboxylic acid groups (broad SMARTS) is 2. The van der Waals surface area contributed by atoms with Crippen LogP contribution in [0.15, 0.2) is 11.5 Å². The molecule has 0 bridgehead atoms. The smallest absolute Gasteiger partial charge is 0.676 e. The van der Waals surface area contributed by atoms with E-state index in [1.807, 2.05) is 0 Å². The Balaban J connectivity index is 0. The second-order valence-corrected chi connectivity index (χ2v) is 3.80. The Morgan fingerprint density at radius 1 is 0.789 bits per heavy atom. The fraction of sp³-hybridized carbons (Fsp3) is 0.600. The maximum Gasteiger partial charge on any atom is 2.00 e. The van der Waals surface area contributed by atoms with Crippen molar-refractivity contribution in [1.29, 1.82) is 0 Å². The van der Waals surface area contributed by atoms with Crippen LogP contribution < -0.4 is 0 Å². The molecule has 8 nitrogen and oxygen atoms in total. The molecule has 0 aliphatic heterocycles. The van der Waals surface area contributed by atoms with Gasteiger partial charge in [-0.2, -0.15) is 12.1 Å². The fourth-order valence-corrected chi connectivity index (χ4v) is 1.33. The zero-order valence-corrected chi connectivity index (χ0v) is 12.2. The van der Waals surface area contributed by atoms with Crippen LogP contribution in [-0.4, -0.2) is 44.4 Å². The van der Waals surface area contributed by atoms with Gasteiger partial charge in [0, 0.05) is 0 Å². The average Bonchev–Trinajstić information content (AvgIpc) is 2.31. The molecule has 1 aliphatic rings. The molecule has 0 saturated heterocycles. The number of aliphatic carboxylic acids is 2. The number of carbonyl (C=O) groups is 2. The number of carboxylic acids is 2. The summed E-state index contributed by atoms with van der Waals surface area (Å²) in [6.07, 6.45) is 4.25. The number of hydrogen-bond donors (Lipinski definition) is 4. The molecule has 0 amide bonds. The van der Waals surface area contributed by atoms with Gasteiger partial charge in [-0.15, -0.1) is 0 Å². The van der Waals surface area contributed by atoms with Crippen LogP contribution >= 0.6 is 0 Å². The maximum absolute atomic E-state index is 9.71. The first-order chi connectivity index (χ1) is 8.27. The van der Waals surface area contributed by atoms with Crippen LogP contribution in [0.25, 0.3) is 11.5 Å².